The number of nitrogens with zero attached hydrogens (tertiary/aromatic N) is 2. The number of esters is 1. The van der Waals surface area contributed by atoms with Crippen LogP contribution in [0.4, 0.5) is 5.69 Å². The van der Waals surface area contributed by atoms with Gasteiger partial charge in [-0.2, -0.15) is 0 Å². The lowest BCUT2D eigenvalue weighted by Gasteiger charge is -2.36. The highest BCUT2D eigenvalue weighted by Crippen LogP contribution is 2.59. The summed E-state index contributed by atoms with van der Waals surface area (Å²) in [4.78, 5) is 59.9. The molecule has 2 aromatic carbocycles. The van der Waals surface area contributed by atoms with Crippen molar-refractivity contribution in [3.05, 3.63) is 87.9 Å². The van der Waals surface area contributed by atoms with E-state index in [1.807, 2.05) is 62.4 Å². The Morgan fingerprint density at radius 3 is 2.42 bits per heavy atom. The number of fused-ring (bicyclic) bond motifs is 2. The number of allylic oxidation sites excluding steroid dienone is 1. The van der Waals surface area contributed by atoms with Gasteiger partial charge in [-0.25, -0.2) is 0 Å². The van der Waals surface area contributed by atoms with E-state index in [1.54, 1.807) is 23.1 Å². The number of halogens is 1. The number of amides is 3. The summed E-state index contributed by atoms with van der Waals surface area (Å²) in [5, 5.41) is 13.1. The molecule has 3 amide bonds. The van der Waals surface area contributed by atoms with Gasteiger partial charge in [0.15, 0.2) is 0 Å². The normalized spacial score (nSPS) is 31.4. The van der Waals surface area contributed by atoms with E-state index >= 15 is 0 Å². The molecule has 4 aliphatic rings. The molecule has 0 aliphatic carbocycles. The Bertz CT molecular complexity index is 1630. The molecule has 0 aromatic heterocycles. The number of para-hydroxylation sites is 1. The minimum Gasteiger partial charge on any atom is -0.455 e. The van der Waals surface area contributed by atoms with Gasteiger partial charge in [0.05, 0.1) is 25.2 Å². The molecule has 5 bridgehead atoms. The number of nitrogens with one attached hydrogen (secondary N) is 1. The second kappa shape index (κ2) is 13.9. The maximum absolute atomic E-state index is 14.9. The van der Waals surface area contributed by atoms with Gasteiger partial charge in [0, 0.05) is 36.8 Å². The number of methoxy groups -OCH3 is 1. The van der Waals surface area contributed by atoms with Crippen LogP contribution in [0.3, 0.4) is 0 Å². The molecule has 2 saturated heterocycles. The van der Waals surface area contributed by atoms with Crippen molar-refractivity contribution >= 4 is 45.3 Å². The van der Waals surface area contributed by atoms with Gasteiger partial charge < -0.3 is 34.4 Å². The van der Waals surface area contributed by atoms with E-state index in [4.69, 9.17) is 14.2 Å². The second-order valence-corrected chi connectivity index (χ2v) is 13.6. The van der Waals surface area contributed by atoms with Crippen molar-refractivity contribution in [2.75, 3.05) is 38.3 Å². The maximum Gasteiger partial charge on any atom is 0.313 e. The fourth-order valence-electron chi connectivity index (χ4n) is 7.69. The SMILES string of the molecule is COC[C@@H]1NC(=O)CC/C=C\CN(c2c(C)cccc2C)C(=O)[C@H]2N(CCO)C(=O)[C@@H]3[C@@H](C(=O)O[C@H]1c1ccccc1)[C@@H]1O[C@@]32C=C1Br. The molecule has 2 aromatic rings. The molecule has 7 atom stereocenters. The van der Waals surface area contributed by atoms with Crippen LogP contribution < -0.4 is 10.2 Å². The lowest BCUT2D eigenvalue weighted by Crippen LogP contribution is -2.56. The zero-order valence-corrected chi connectivity index (χ0v) is 28.7. The van der Waals surface area contributed by atoms with Gasteiger partial charge in [-0.05, 0) is 43.0 Å². The van der Waals surface area contributed by atoms with Crippen LogP contribution in [0.2, 0.25) is 0 Å². The summed E-state index contributed by atoms with van der Waals surface area (Å²) >= 11 is 3.58. The van der Waals surface area contributed by atoms with Crippen LogP contribution >= 0.6 is 15.9 Å². The monoisotopic (exact) mass is 721 g/mol. The number of aliphatic hydroxyl groups excluding tert-OH is 1. The molecule has 6 rings (SSSR count). The Hall–Kier alpha value is -3.84. The first-order valence-corrected chi connectivity index (χ1v) is 17.0. The highest BCUT2D eigenvalue weighted by atomic mass is 79.9. The molecule has 2 N–H and O–H groups in total. The highest BCUT2D eigenvalue weighted by Gasteiger charge is 2.75. The first kappa shape index (κ1) is 34.0. The summed E-state index contributed by atoms with van der Waals surface area (Å²) in [6, 6.07) is 12.9. The van der Waals surface area contributed by atoms with E-state index in [2.05, 4.69) is 21.2 Å². The number of hydrogen-bond acceptors (Lipinski definition) is 8. The first-order valence-electron chi connectivity index (χ1n) is 16.2. The second-order valence-electron chi connectivity index (χ2n) is 12.7. The molecule has 4 aliphatic heterocycles. The van der Waals surface area contributed by atoms with Crippen LogP contribution in [0, 0.1) is 25.7 Å². The Balaban J connectivity index is 1.49. The van der Waals surface area contributed by atoms with Crippen LogP contribution in [0.5, 0.6) is 0 Å². The smallest absolute Gasteiger partial charge is 0.313 e. The van der Waals surface area contributed by atoms with Crippen LogP contribution in [0.1, 0.15) is 35.6 Å². The third-order valence-corrected chi connectivity index (χ3v) is 10.4. The molecular weight excluding hydrogens is 682 g/mol. The third kappa shape index (κ3) is 5.89. The molecule has 0 radical (unpaired) electrons. The number of rotatable bonds is 6. The number of aryl methyl sites for hydroxylation is 2. The van der Waals surface area contributed by atoms with Gasteiger partial charge in [-0.3, -0.25) is 19.2 Å². The van der Waals surface area contributed by atoms with E-state index in [1.165, 1.54) is 12.0 Å². The van der Waals surface area contributed by atoms with E-state index in [0.717, 1.165) is 11.1 Å². The summed E-state index contributed by atoms with van der Waals surface area (Å²) in [5.74, 6) is -4.03. The maximum atomic E-state index is 14.9. The number of anilines is 1. The van der Waals surface area contributed by atoms with Crippen LogP contribution in [0.15, 0.2) is 71.2 Å². The van der Waals surface area contributed by atoms with Crippen molar-refractivity contribution in [2.24, 2.45) is 11.8 Å². The minimum absolute atomic E-state index is 0.0561. The van der Waals surface area contributed by atoms with Crippen molar-refractivity contribution in [1.29, 1.82) is 0 Å². The van der Waals surface area contributed by atoms with E-state index in [9.17, 15) is 24.3 Å². The summed E-state index contributed by atoms with van der Waals surface area (Å²) in [7, 11) is 1.50. The van der Waals surface area contributed by atoms with E-state index in [-0.39, 0.29) is 38.6 Å². The Labute approximate surface area is 288 Å². The molecule has 12 heteroatoms. The number of β-amino-alcohol motifs (C(OH)–C–C–N with tert-alkyl or cyclic N) is 1. The average molecular weight is 723 g/mol. The van der Waals surface area contributed by atoms with Gasteiger partial charge in [0.25, 0.3) is 5.91 Å². The van der Waals surface area contributed by atoms with Gasteiger partial charge in [0.1, 0.15) is 29.8 Å². The summed E-state index contributed by atoms with van der Waals surface area (Å²) in [5.41, 5.74) is 1.56. The number of hydrogen-bond donors (Lipinski definition) is 2. The summed E-state index contributed by atoms with van der Waals surface area (Å²) in [6.45, 7) is 3.53. The predicted molar refractivity (Wildman–Crippen MR) is 180 cm³/mol. The molecule has 11 nitrogen and oxygen atoms in total. The number of ether oxygens (including phenoxy) is 3. The van der Waals surface area contributed by atoms with Crippen molar-refractivity contribution in [2.45, 2.75) is 56.6 Å². The van der Waals surface area contributed by atoms with Crippen LogP contribution in [-0.4, -0.2) is 90.9 Å². The molecule has 254 valence electrons. The fraction of sp³-hybridized carbons (Fsp3) is 0.444. The van der Waals surface area contributed by atoms with Crippen LogP contribution in [0.25, 0.3) is 0 Å². The molecule has 48 heavy (non-hydrogen) atoms. The summed E-state index contributed by atoms with van der Waals surface area (Å²) in [6.07, 6.45) is 4.15. The lowest BCUT2D eigenvalue weighted by molar-refractivity contribution is -0.162. The molecule has 1 spiro atoms. The molecule has 0 unspecified atom stereocenters. The van der Waals surface area contributed by atoms with Gasteiger partial charge in [-0.1, -0.05) is 76.6 Å². The van der Waals surface area contributed by atoms with E-state index in [0.29, 0.717) is 22.2 Å². The number of benzene rings is 2. The van der Waals surface area contributed by atoms with Gasteiger partial charge in [0.2, 0.25) is 11.8 Å². The van der Waals surface area contributed by atoms with Crippen molar-refractivity contribution in [1.82, 2.24) is 10.2 Å². The Kier molecular flexibility index (Phi) is 9.89. The number of cyclic esters (lactones) is 1. The minimum atomic E-state index is -1.49. The Morgan fingerprint density at radius 1 is 1.00 bits per heavy atom. The molecule has 4 heterocycles. The largest absolute Gasteiger partial charge is 0.455 e. The lowest BCUT2D eigenvalue weighted by atomic mass is 9.74. The quantitative estimate of drug-likeness (QED) is 0.343. The molecular formula is C36H40BrN3O8. The third-order valence-electron chi connectivity index (χ3n) is 9.67. The van der Waals surface area contributed by atoms with E-state index < -0.39 is 59.5 Å². The van der Waals surface area contributed by atoms with Gasteiger partial charge >= 0.3 is 5.97 Å². The average Bonchev–Trinajstić information content (AvgIpc) is 3.65. The summed E-state index contributed by atoms with van der Waals surface area (Å²) < 4.78 is 18.8. The number of likely N-dealkylation sites (tertiary alicyclic amines) is 1. The number of carbonyl (C=O) groups excluding carboxylic acids is 4. The fourth-order valence-corrected chi connectivity index (χ4v) is 8.42. The van der Waals surface area contributed by atoms with Crippen molar-refractivity contribution in [3.8, 4) is 0 Å². The topological polar surface area (TPSA) is 135 Å². The highest BCUT2D eigenvalue weighted by molar-refractivity contribution is 9.11. The molecule has 2 fully saturated rings. The predicted octanol–water partition coefficient (Wildman–Crippen LogP) is 3.27. The zero-order chi connectivity index (χ0) is 34.2. The molecule has 0 saturated carbocycles. The first-order chi connectivity index (χ1) is 23.1. The Morgan fingerprint density at radius 2 is 1.73 bits per heavy atom. The van der Waals surface area contributed by atoms with Crippen LogP contribution in [-0.2, 0) is 33.4 Å². The van der Waals surface area contributed by atoms with Gasteiger partial charge in [-0.15, -0.1) is 0 Å². The standard InChI is InChI=1S/C36H40BrN3O8/c1-21-11-10-12-22(2)29(21)39-16-9-5-8-15-26(42)38-25(20-46-3)30(23-13-6-4-7-14-23)47-35(45)27-28-33(43)40(17-18-41)32(34(39)44)36(28)19-24(37)31(27)48-36/h4-7,9-14,19,25,27-28,30-32,41H,8,15-18,20H2,1-3H3,(H,38,42)/b9-5-/t25-,27+,28-,30-,31+,32+,36-/m0/s1. The van der Waals surface area contributed by atoms with Crippen molar-refractivity contribution < 1.29 is 38.5 Å². The number of carbonyl (C=O) groups is 4. The van der Waals surface area contributed by atoms with Crippen molar-refractivity contribution in [3.63, 3.8) is 0 Å². The zero-order valence-electron chi connectivity index (χ0n) is 27.1. The number of aliphatic hydroxyl groups is 1.